The molecule has 0 amide bonds. The maximum absolute atomic E-state index is 11.5. The van der Waals surface area contributed by atoms with Crippen molar-refractivity contribution in [3.05, 3.63) is 35.4 Å². The Labute approximate surface area is 116 Å². The van der Waals surface area contributed by atoms with Crippen LogP contribution in [0.4, 0.5) is 0 Å². The summed E-state index contributed by atoms with van der Waals surface area (Å²) in [6.07, 6.45) is 0. The van der Waals surface area contributed by atoms with Crippen LogP contribution in [0.25, 0.3) is 0 Å². The Morgan fingerprint density at radius 3 is 2.26 bits per heavy atom. The lowest BCUT2D eigenvalue weighted by Gasteiger charge is -2.19. The number of hydrogen-bond donors (Lipinski definition) is 1. The summed E-state index contributed by atoms with van der Waals surface area (Å²) in [7, 11) is 0. The molecule has 0 bridgehead atoms. The molecule has 1 aromatic rings. The zero-order valence-corrected chi connectivity index (χ0v) is 12.6. The molecular weight excluding hydrogens is 238 g/mol. The van der Waals surface area contributed by atoms with Gasteiger partial charge in [-0.2, -0.15) is 0 Å². The van der Waals surface area contributed by atoms with Gasteiger partial charge < -0.3 is 10.1 Å². The van der Waals surface area contributed by atoms with E-state index >= 15 is 0 Å². The van der Waals surface area contributed by atoms with Crippen molar-refractivity contribution in [1.82, 2.24) is 5.32 Å². The van der Waals surface area contributed by atoms with Gasteiger partial charge in [-0.05, 0) is 37.8 Å². The van der Waals surface area contributed by atoms with E-state index in [0.29, 0.717) is 12.5 Å². The number of carbonyl (C=O) groups excluding carboxylic acids is 1. The van der Waals surface area contributed by atoms with Crippen molar-refractivity contribution < 1.29 is 9.53 Å². The molecule has 1 N–H and O–H groups in total. The van der Waals surface area contributed by atoms with E-state index in [1.165, 1.54) is 11.1 Å². The van der Waals surface area contributed by atoms with E-state index < -0.39 is 5.60 Å². The second-order valence-corrected chi connectivity index (χ2v) is 6.09. The topological polar surface area (TPSA) is 38.3 Å². The quantitative estimate of drug-likeness (QED) is 0.829. The number of esters is 1. The van der Waals surface area contributed by atoms with Crippen LogP contribution in [0.1, 0.15) is 51.7 Å². The molecule has 3 nitrogen and oxygen atoms in total. The third-order valence-corrected chi connectivity index (χ3v) is 2.66. The zero-order chi connectivity index (χ0) is 14.5. The molecule has 0 unspecified atom stereocenters. The van der Waals surface area contributed by atoms with Gasteiger partial charge in [0, 0.05) is 6.54 Å². The minimum Gasteiger partial charge on any atom is -0.459 e. The van der Waals surface area contributed by atoms with Crippen molar-refractivity contribution >= 4 is 5.97 Å². The van der Waals surface area contributed by atoms with E-state index in [2.05, 4.69) is 43.4 Å². The summed E-state index contributed by atoms with van der Waals surface area (Å²) in [6.45, 7) is 10.9. The summed E-state index contributed by atoms with van der Waals surface area (Å²) in [6, 6.07) is 8.46. The summed E-state index contributed by atoms with van der Waals surface area (Å²) in [5.41, 5.74) is 2.08. The van der Waals surface area contributed by atoms with Gasteiger partial charge in [-0.3, -0.25) is 4.79 Å². The van der Waals surface area contributed by atoms with E-state index in [4.69, 9.17) is 4.74 Å². The second kappa shape index (κ2) is 6.71. The highest BCUT2D eigenvalue weighted by Gasteiger charge is 2.15. The van der Waals surface area contributed by atoms with Gasteiger partial charge >= 0.3 is 5.97 Å². The number of nitrogens with one attached hydrogen (secondary N) is 1. The first-order valence-electron chi connectivity index (χ1n) is 6.79. The molecule has 0 aliphatic carbocycles. The molecule has 0 aromatic heterocycles. The molecule has 0 atom stereocenters. The maximum atomic E-state index is 11.5. The zero-order valence-electron chi connectivity index (χ0n) is 12.6. The molecule has 0 aliphatic rings. The average Bonchev–Trinajstić information content (AvgIpc) is 2.27. The van der Waals surface area contributed by atoms with Gasteiger partial charge in [0.05, 0.1) is 6.54 Å². The smallest absolute Gasteiger partial charge is 0.320 e. The predicted molar refractivity (Wildman–Crippen MR) is 78.1 cm³/mol. The molecule has 0 spiro atoms. The normalized spacial score (nSPS) is 11.7. The number of carbonyl (C=O) groups is 1. The van der Waals surface area contributed by atoms with Gasteiger partial charge in [-0.25, -0.2) is 0 Å². The van der Waals surface area contributed by atoms with Crippen LogP contribution >= 0.6 is 0 Å². The van der Waals surface area contributed by atoms with Gasteiger partial charge in [-0.1, -0.05) is 38.1 Å². The molecule has 19 heavy (non-hydrogen) atoms. The van der Waals surface area contributed by atoms with E-state index in [1.807, 2.05) is 20.8 Å². The Kier molecular flexibility index (Phi) is 5.55. The average molecular weight is 263 g/mol. The summed E-state index contributed by atoms with van der Waals surface area (Å²) in [4.78, 5) is 11.5. The standard InChI is InChI=1S/C16H25NO2/c1-12(2)14-8-6-13(7-9-14)10-17-11-15(18)19-16(3,4)5/h6-9,12,17H,10-11H2,1-5H3. The van der Waals surface area contributed by atoms with E-state index in [0.717, 1.165) is 0 Å². The van der Waals surface area contributed by atoms with Crippen LogP contribution in [0, 0.1) is 0 Å². The predicted octanol–water partition coefficient (Wildman–Crippen LogP) is 3.24. The first kappa shape index (κ1) is 15.7. The number of benzene rings is 1. The van der Waals surface area contributed by atoms with Crippen LogP contribution in [0.3, 0.4) is 0 Å². The van der Waals surface area contributed by atoms with Gasteiger partial charge in [-0.15, -0.1) is 0 Å². The van der Waals surface area contributed by atoms with Crippen LogP contribution in [0.2, 0.25) is 0 Å². The highest BCUT2D eigenvalue weighted by Crippen LogP contribution is 2.14. The molecule has 0 heterocycles. The Morgan fingerprint density at radius 2 is 1.79 bits per heavy atom. The highest BCUT2D eigenvalue weighted by atomic mass is 16.6. The summed E-state index contributed by atoms with van der Waals surface area (Å²) >= 11 is 0. The van der Waals surface area contributed by atoms with Crippen LogP contribution < -0.4 is 5.32 Å². The molecule has 3 heteroatoms. The van der Waals surface area contributed by atoms with Gasteiger partial charge in [0.2, 0.25) is 0 Å². The third-order valence-electron chi connectivity index (χ3n) is 2.66. The first-order chi connectivity index (χ1) is 8.78. The Balaban J connectivity index is 2.35. The second-order valence-electron chi connectivity index (χ2n) is 6.09. The van der Waals surface area contributed by atoms with Crippen molar-refractivity contribution in [1.29, 1.82) is 0 Å². The fourth-order valence-corrected chi connectivity index (χ4v) is 1.71. The number of ether oxygens (including phenoxy) is 1. The molecule has 0 saturated carbocycles. The van der Waals surface area contributed by atoms with Crippen LogP contribution in [0.5, 0.6) is 0 Å². The molecule has 1 aromatic carbocycles. The van der Waals surface area contributed by atoms with Crippen molar-refractivity contribution in [2.24, 2.45) is 0 Å². The summed E-state index contributed by atoms with van der Waals surface area (Å²) < 4.78 is 5.22. The molecule has 0 aliphatic heterocycles. The lowest BCUT2D eigenvalue weighted by Crippen LogP contribution is -2.31. The number of rotatable bonds is 5. The molecular formula is C16H25NO2. The monoisotopic (exact) mass is 263 g/mol. The fraction of sp³-hybridized carbons (Fsp3) is 0.562. The Bertz CT molecular complexity index is 402. The van der Waals surface area contributed by atoms with Crippen LogP contribution in [0.15, 0.2) is 24.3 Å². The molecule has 0 saturated heterocycles. The highest BCUT2D eigenvalue weighted by molar-refractivity contribution is 5.72. The fourth-order valence-electron chi connectivity index (χ4n) is 1.71. The summed E-state index contributed by atoms with van der Waals surface area (Å²) in [5, 5.41) is 3.10. The summed E-state index contributed by atoms with van der Waals surface area (Å²) in [5.74, 6) is 0.329. The SMILES string of the molecule is CC(C)c1ccc(CNCC(=O)OC(C)(C)C)cc1. The van der Waals surface area contributed by atoms with Crippen molar-refractivity contribution in [3.63, 3.8) is 0 Å². The molecule has 106 valence electrons. The largest absolute Gasteiger partial charge is 0.459 e. The minimum absolute atomic E-state index is 0.216. The van der Waals surface area contributed by atoms with E-state index in [9.17, 15) is 4.79 Å². The molecule has 0 radical (unpaired) electrons. The molecule has 0 fully saturated rings. The maximum Gasteiger partial charge on any atom is 0.320 e. The van der Waals surface area contributed by atoms with Crippen LogP contribution in [-0.4, -0.2) is 18.1 Å². The van der Waals surface area contributed by atoms with Crippen molar-refractivity contribution in [2.45, 2.75) is 52.7 Å². The minimum atomic E-state index is -0.419. The number of hydrogen-bond acceptors (Lipinski definition) is 3. The first-order valence-corrected chi connectivity index (χ1v) is 6.79. The lowest BCUT2D eigenvalue weighted by atomic mass is 10.0. The van der Waals surface area contributed by atoms with Crippen LogP contribution in [-0.2, 0) is 16.1 Å². The Hall–Kier alpha value is -1.35. The van der Waals surface area contributed by atoms with Crippen molar-refractivity contribution in [2.75, 3.05) is 6.54 Å². The van der Waals surface area contributed by atoms with Gasteiger partial charge in [0.1, 0.15) is 5.60 Å². The van der Waals surface area contributed by atoms with Gasteiger partial charge in [0.25, 0.3) is 0 Å². The van der Waals surface area contributed by atoms with Crippen molar-refractivity contribution in [3.8, 4) is 0 Å². The lowest BCUT2D eigenvalue weighted by molar-refractivity contribution is -0.153. The Morgan fingerprint density at radius 1 is 1.21 bits per heavy atom. The van der Waals surface area contributed by atoms with E-state index in [1.54, 1.807) is 0 Å². The van der Waals surface area contributed by atoms with Gasteiger partial charge in [0.15, 0.2) is 0 Å². The van der Waals surface area contributed by atoms with E-state index in [-0.39, 0.29) is 12.5 Å². The third kappa shape index (κ3) is 6.39. The molecule has 1 rings (SSSR count).